The van der Waals surface area contributed by atoms with Crippen LogP contribution in [-0.4, -0.2) is 30.3 Å². The predicted octanol–water partition coefficient (Wildman–Crippen LogP) is 3.16. The van der Waals surface area contributed by atoms with E-state index in [1.54, 1.807) is 0 Å². The van der Waals surface area contributed by atoms with Crippen molar-refractivity contribution in [3.63, 3.8) is 0 Å². The van der Waals surface area contributed by atoms with Crippen LogP contribution in [-0.2, 0) is 4.79 Å². The number of ether oxygens (including phenoxy) is 1. The highest BCUT2D eigenvalue weighted by Crippen LogP contribution is 2.16. The van der Waals surface area contributed by atoms with Crippen LogP contribution < -0.4 is 10.1 Å². The van der Waals surface area contributed by atoms with Gasteiger partial charge in [0.05, 0.1) is 6.61 Å². The zero-order chi connectivity index (χ0) is 15.8. The van der Waals surface area contributed by atoms with Crippen LogP contribution in [0.2, 0.25) is 0 Å². The van der Waals surface area contributed by atoms with Crippen LogP contribution in [0.15, 0.2) is 18.2 Å². The molecule has 0 amide bonds. The molecule has 0 heterocycles. The molecule has 118 valence electrons. The minimum Gasteiger partial charge on any atom is -0.494 e. The third-order valence-electron chi connectivity index (χ3n) is 3.63. The molecule has 21 heavy (non-hydrogen) atoms. The lowest BCUT2D eigenvalue weighted by Crippen LogP contribution is -2.42. The van der Waals surface area contributed by atoms with Crippen LogP contribution in [0.25, 0.3) is 0 Å². The number of aliphatic carboxylic acids is 1. The molecular formula is C17H27NO3. The Bertz CT molecular complexity index is 439. The first-order valence-corrected chi connectivity index (χ1v) is 7.61. The maximum Gasteiger partial charge on any atom is 0.320 e. The molecule has 4 nitrogen and oxygen atoms in total. The van der Waals surface area contributed by atoms with Gasteiger partial charge in [0.25, 0.3) is 0 Å². The summed E-state index contributed by atoms with van der Waals surface area (Å²) in [6, 6.07) is 5.66. The standard InChI is InChI=1S/C17H27NO3/c1-5-14(4)16(17(19)20)18-7-6-8-21-15-10-12(2)9-13(3)11-15/h9-11,14,16,18H,5-8H2,1-4H3,(H,19,20)/t14-,16-/m0/s1. The van der Waals surface area contributed by atoms with Gasteiger partial charge in [-0.2, -0.15) is 0 Å². The number of aryl methyl sites for hydroxylation is 2. The topological polar surface area (TPSA) is 58.6 Å². The smallest absolute Gasteiger partial charge is 0.320 e. The third kappa shape index (κ3) is 6.17. The van der Waals surface area contributed by atoms with Crippen LogP contribution >= 0.6 is 0 Å². The van der Waals surface area contributed by atoms with Gasteiger partial charge in [0.15, 0.2) is 0 Å². The van der Waals surface area contributed by atoms with E-state index in [0.29, 0.717) is 13.2 Å². The van der Waals surface area contributed by atoms with Gasteiger partial charge in [0.1, 0.15) is 11.8 Å². The summed E-state index contributed by atoms with van der Waals surface area (Å²) in [6.07, 6.45) is 1.64. The Morgan fingerprint density at radius 1 is 1.29 bits per heavy atom. The zero-order valence-corrected chi connectivity index (χ0v) is 13.5. The number of benzene rings is 1. The molecule has 1 rings (SSSR count). The Kier molecular flexibility index (Phi) is 7.23. The van der Waals surface area contributed by atoms with Gasteiger partial charge in [-0.1, -0.05) is 26.3 Å². The molecule has 2 atom stereocenters. The van der Waals surface area contributed by atoms with E-state index in [-0.39, 0.29) is 5.92 Å². The summed E-state index contributed by atoms with van der Waals surface area (Å²) >= 11 is 0. The second-order valence-corrected chi connectivity index (χ2v) is 5.68. The van der Waals surface area contributed by atoms with Crippen molar-refractivity contribution in [2.45, 2.75) is 46.6 Å². The van der Waals surface area contributed by atoms with Crippen molar-refractivity contribution < 1.29 is 14.6 Å². The van der Waals surface area contributed by atoms with E-state index in [0.717, 1.165) is 18.6 Å². The molecule has 0 saturated heterocycles. The van der Waals surface area contributed by atoms with Crippen LogP contribution in [0.4, 0.5) is 0 Å². The van der Waals surface area contributed by atoms with Crippen LogP contribution in [0.5, 0.6) is 5.75 Å². The normalized spacial score (nSPS) is 13.7. The fourth-order valence-corrected chi connectivity index (χ4v) is 2.30. The third-order valence-corrected chi connectivity index (χ3v) is 3.63. The average molecular weight is 293 g/mol. The first-order valence-electron chi connectivity index (χ1n) is 7.61. The molecule has 0 aromatic heterocycles. The van der Waals surface area contributed by atoms with Gasteiger partial charge < -0.3 is 15.2 Å². The number of carbonyl (C=O) groups is 1. The number of rotatable bonds is 9. The fourth-order valence-electron chi connectivity index (χ4n) is 2.30. The molecule has 0 aliphatic heterocycles. The zero-order valence-electron chi connectivity index (χ0n) is 13.5. The number of nitrogens with one attached hydrogen (secondary N) is 1. The highest BCUT2D eigenvalue weighted by atomic mass is 16.5. The highest BCUT2D eigenvalue weighted by molar-refractivity contribution is 5.73. The van der Waals surface area contributed by atoms with Gasteiger partial charge in [-0.3, -0.25) is 4.79 Å². The molecule has 0 unspecified atom stereocenters. The molecule has 0 radical (unpaired) electrons. The number of hydrogen-bond donors (Lipinski definition) is 2. The van der Waals surface area contributed by atoms with Crippen molar-refractivity contribution in [3.05, 3.63) is 29.3 Å². The van der Waals surface area contributed by atoms with Crippen LogP contribution in [0, 0.1) is 19.8 Å². The maximum atomic E-state index is 11.2. The highest BCUT2D eigenvalue weighted by Gasteiger charge is 2.22. The summed E-state index contributed by atoms with van der Waals surface area (Å²) in [5.74, 6) is 0.228. The Morgan fingerprint density at radius 3 is 2.43 bits per heavy atom. The lowest BCUT2D eigenvalue weighted by Gasteiger charge is -2.20. The molecule has 2 N–H and O–H groups in total. The molecule has 0 aliphatic carbocycles. The summed E-state index contributed by atoms with van der Waals surface area (Å²) < 4.78 is 5.71. The minimum atomic E-state index is -0.778. The summed E-state index contributed by atoms with van der Waals surface area (Å²) in [5, 5.41) is 12.3. The molecule has 0 spiro atoms. The largest absolute Gasteiger partial charge is 0.494 e. The second-order valence-electron chi connectivity index (χ2n) is 5.68. The van der Waals surface area contributed by atoms with E-state index < -0.39 is 12.0 Å². The molecule has 0 fully saturated rings. The van der Waals surface area contributed by atoms with Crippen molar-refractivity contribution in [3.8, 4) is 5.75 Å². The SMILES string of the molecule is CC[C@H](C)[C@H](NCCCOc1cc(C)cc(C)c1)C(=O)O. The van der Waals surface area contributed by atoms with Crippen molar-refractivity contribution in [1.82, 2.24) is 5.32 Å². The molecular weight excluding hydrogens is 266 g/mol. The Hall–Kier alpha value is -1.55. The maximum absolute atomic E-state index is 11.2. The van der Waals surface area contributed by atoms with E-state index in [9.17, 15) is 9.90 Å². The van der Waals surface area contributed by atoms with E-state index in [1.807, 2.05) is 39.8 Å². The van der Waals surface area contributed by atoms with Crippen molar-refractivity contribution in [2.24, 2.45) is 5.92 Å². The molecule has 0 aliphatic rings. The summed E-state index contributed by atoms with van der Waals surface area (Å²) in [7, 11) is 0. The van der Waals surface area contributed by atoms with Crippen molar-refractivity contribution in [2.75, 3.05) is 13.2 Å². The van der Waals surface area contributed by atoms with E-state index in [4.69, 9.17) is 4.74 Å². The van der Waals surface area contributed by atoms with Gasteiger partial charge >= 0.3 is 5.97 Å². The number of hydrogen-bond acceptors (Lipinski definition) is 3. The first-order chi connectivity index (χ1) is 9.93. The second kappa shape index (κ2) is 8.67. The van der Waals surface area contributed by atoms with Crippen molar-refractivity contribution >= 4 is 5.97 Å². The van der Waals surface area contributed by atoms with E-state index in [2.05, 4.69) is 11.4 Å². The number of carboxylic acid groups (broad SMARTS) is 1. The molecule has 4 heteroatoms. The van der Waals surface area contributed by atoms with Crippen molar-refractivity contribution in [1.29, 1.82) is 0 Å². The molecule has 0 bridgehead atoms. The molecule has 1 aromatic carbocycles. The fraction of sp³-hybridized carbons (Fsp3) is 0.588. The van der Waals surface area contributed by atoms with Gasteiger partial charge in [-0.25, -0.2) is 0 Å². The van der Waals surface area contributed by atoms with Crippen LogP contribution in [0.3, 0.4) is 0 Å². The summed E-state index contributed by atoms with van der Waals surface area (Å²) in [4.78, 5) is 11.2. The number of carboxylic acids is 1. The van der Waals surface area contributed by atoms with Gasteiger partial charge in [-0.15, -0.1) is 0 Å². The summed E-state index contributed by atoms with van der Waals surface area (Å²) in [6.45, 7) is 9.29. The Morgan fingerprint density at radius 2 is 1.90 bits per heavy atom. The van der Waals surface area contributed by atoms with Gasteiger partial charge in [-0.05, 0) is 56.0 Å². The first kappa shape index (κ1) is 17.5. The Labute approximate surface area is 127 Å². The monoisotopic (exact) mass is 293 g/mol. The van der Waals surface area contributed by atoms with Gasteiger partial charge in [0, 0.05) is 0 Å². The quantitative estimate of drug-likeness (QED) is 0.687. The lowest BCUT2D eigenvalue weighted by atomic mass is 9.99. The lowest BCUT2D eigenvalue weighted by molar-refractivity contribution is -0.140. The van der Waals surface area contributed by atoms with Crippen LogP contribution in [0.1, 0.15) is 37.8 Å². The van der Waals surface area contributed by atoms with Gasteiger partial charge in [0.2, 0.25) is 0 Å². The predicted molar refractivity (Wildman–Crippen MR) is 84.9 cm³/mol. The summed E-state index contributed by atoms with van der Waals surface area (Å²) in [5.41, 5.74) is 2.37. The molecule has 1 aromatic rings. The minimum absolute atomic E-state index is 0.128. The van der Waals surface area contributed by atoms with E-state index in [1.165, 1.54) is 11.1 Å². The molecule has 0 saturated carbocycles. The average Bonchev–Trinajstić information content (AvgIpc) is 2.40. The van der Waals surface area contributed by atoms with E-state index >= 15 is 0 Å². The Balaban J connectivity index is 2.32.